The lowest BCUT2D eigenvalue weighted by Gasteiger charge is -2.09. The minimum atomic E-state index is -3.68. The van der Waals surface area contributed by atoms with Gasteiger partial charge in [0.2, 0.25) is 15.9 Å². The van der Waals surface area contributed by atoms with Crippen molar-refractivity contribution in [2.45, 2.75) is 31.0 Å². The standard InChI is InChI=1S/C21H23N3O5S2/c1-4-19(25)23-21-14(2)24-29-18(21)11-9-16-10-12-20(30-16)31(26,27)22-13-15-7-5-6-8-17(15)28-3/h5-12,22H,4,13H2,1-3H3,(H,23,25)/b11-9+. The number of rotatable bonds is 9. The summed E-state index contributed by atoms with van der Waals surface area (Å²) in [7, 11) is -2.14. The molecule has 3 rings (SSSR count). The van der Waals surface area contributed by atoms with Crippen molar-refractivity contribution in [1.82, 2.24) is 9.88 Å². The van der Waals surface area contributed by atoms with Crippen LogP contribution in [0.1, 0.15) is 35.2 Å². The zero-order valence-electron chi connectivity index (χ0n) is 17.3. The summed E-state index contributed by atoms with van der Waals surface area (Å²) in [6.45, 7) is 3.60. The Labute approximate surface area is 185 Å². The second-order valence-electron chi connectivity index (χ2n) is 6.54. The van der Waals surface area contributed by atoms with E-state index >= 15 is 0 Å². The number of nitrogens with zero attached hydrogens (tertiary/aromatic N) is 1. The van der Waals surface area contributed by atoms with E-state index in [-0.39, 0.29) is 16.7 Å². The average molecular weight is 462 g/mol. The quantitative estimate of drug-likeness (QED) is 0.497. The summed E-state index contributed by atoms with van der Waals surface area (Å²) in [5, 5.41) is 6.63. The number of carbonyl (C=O) groups excluding carboxylic acids is 1. The number of para-hydroxylation sites is 1. The minimum absolute atomic E-state index is 0.118. The number of ether oxygens (including phenoxy) is 1. The summed E-state index contributed by atoms with van der Waals surface area (Å²) in [6.07, 6.45) is 3.70. The first-order chi connectivity index (χ1) is 14.8. The number of hydrogen-bond donors (Lipinski definition) is 2. The smallest absolute Gasteiger partial charge is 0.250 e. The van der Waals surface area contributed by atoms with E-state index in [0.29, 0.717) is 34.2 Å². The molecule has 0 bridgehead atoms. The minimum Gasteiger partial charge on any atom is -0.496 e. The molecule has 2 heterocycles. The van der Waals surface area contributed by atoms with E-state index in [2.05, 4.69) is 15.2 Å². The summed E-state index contributed by atoms with van der Waals surface area (Å²) in [5.74, 6) is 0.867. The van der Waals surface area contributed by atoms with Crippen molar-refractivity contribution in [1.29, 1.82) is 0 Å². The van der Waals surface area contributed by atoms with Gasteiger partial charge in [-0.05, 0) is 37.3 Å². The van der Waals surface area contributed by atoms with E-state index in [4.69, 9.17) is 9.26 Å². The molecule has 1 amide bonds. The average Bonchev–Trinajstić information content (AvgIpc) is 3.38. The molecule has 0 atom stereocenters. The Balaban J connectivity index is 1.72. The Hall–Kier alpha value is -2.95. The molecule has 1 aromatic carbocycles. The molecule has 164 valence electrons. The highest BCUT2D eigenvalue weighted by Gasteiger charge is 2.17. The zero-order chi connectivity index (χ0) is 22.4. The van der Waals surface area contributed by atoms with Gasteiger partial charge in [-0.2, -0.15) is 0 Å². The van der Waals surface area contributed by atoms with Crippen LogP contribution in [-0.2, 0) is 21.4 Å². The van der Waals surface area contributed by atoms with Crippen LogP contribution in [0.15, 0.2) is 45.1 Å². The number of hydrogen-bond acceptors (Lipinski definition) is 7. The fourth-order valence-electron chi connectivity index (χ4n) is 2.70. The number of anilines is 1. The number of carbonyl (C=O) groups is 1. The van der Waals surface area contributed by atoms with Crippen LogP contribution in [0, 0.1) is 6.92 Å². The van der Waals surface area contributed by atoms with Gasteiger partial charge in [0.15, 0.2) is 5.76 Å². The lowest BCUT2D eigenvalue weighted by molar-refractivity contribution is -0.115. The molecule has 8 nitrogen and oxygen atoms in total. The molecule has 0 aliphatic heterocycles. The number of nitrogens with one attached hydrogen (secondary N) is 2. The van der Waals surface area contributed by atoms with Gasteiger partial charge in [0.05, 0.1) is 7.11 Å². The molecule has 0 saturated carbocycles. The number of thiophene rings is 1. The molecule has 0 aliphatic rings. The number of aryl methyl sites for hydroxylation is 1. The largest absolute Gasteiger partial charge is 0.496 e. The molecule has 0 aliphatic carbocycles. The van der Waals surface area contributed by atoms with Gasteiger partial charge in [0, 0.05) is 23.4 Å². The van der Waals surface area contributed by atoms with Crippen molar-refractivity contribution >= 4 is 45.1 Å². The number of amides is 1. The van der Waals surface area contributed by atoms with Crippen molar-refractivity contribution in [3.63, 3.8) is 0 Å². The van der Waals surface area contributed by atoms with E-state index in [1.807, 2.05) is 12.1 Å². The predicted octanol–water partition coefficient (Wildman–Crippen LogP) is 4.05. The monoisotopic (exact) mass is 461 g/mol. The van der Waals surface area contributed by atoms with Gasteiger partial charge in [-0.3, -0.25) is 4.79 Å². The Morgan fingerprint density at radius 3 is 2.74 bits per heavy atom. The Morgan fingerprint density at radius 1 is 1.23 bits per heavy atom. The normalized spacial score (nSPS) is 11.7. The van der Waals surface area contributed by atoms with E-state index in [0.717, 1.165) is 16.9 Å². The first-order valence-corrected chi connectivity index (χ1v) is 11.8. The van der Waals surface area contributed by atoms with Crippen molar-refractivity contribution in [3.05, 3.63) is 58.3 Å². The maximum Gasteiger partial charge on any atom is 0.250 e. The third-order valence-corrected chi connectivity index (χ3v) is 7.33. The van der Waals surface area contributed by atoms with Crippen LogP contribution in [0.3, 0.4) is 0 Å². The summed E-state index contributed by atoms with van der Waals surface area (Å²) < 4.78 is 38.6. The van der Waals surface area contributed by atoms with Crippen molar-refractivity contribution in [2.75, 3.05) is 12.4 Å². The molecule has 2 N–H and O–H groups in total. The third-order valence-electron chi connectivity index (χ3n) is 4.39. The molecule has 0 radical (unpaired) electrons. The van der Waals surface area contributed by atoms with Crippen LogP contribution in [0.25, 0.3) is 12.2 Å². The maximum absolute atomic E-state index is 12.7. The summed E-state index contributed by atoms with van der Waals surface area (Å²) in [6, 6.07) is 10.5. The first kappa shape index (κ1) is 22.7. The van der Waals surface area contributed by atoms with Gasteiger partial charge in [0.25, 0.3) is 0 Å². The maximum atomic E-state index is 12.7. The summed E-state index contributed by atoms with van der Waals surface area (Å²) in [4.78, 5) is 12.4. The second kappa shape index (κ2) is 9.90. The first-order valence-electron chi connectivity index (χ1n) is 9.49. The predicted molar refractivity (Wildman–Crippen MR) is 120 cm³/mol. The number of benzene rings is 1. The van der Waals surface area contributed by atoms with Gasteiger partial charge in [-0.1, -0.05) is 30.3 Å². The summed E-state index contributed by atoms with van der Waals surface area (Å²) >= 11 is 1.12. The molecule has 10 heteroatoms. The third kappa shape index (κ3) is 5.60. The fourth-order valence-corrected chi connectivity index (χ4v) is 4.98. The highest BCUT2D eigenvalue weighted by Crippen LogP contribution is 2.27. The highest BCUT2D eigenvalue weighted by atomic mass is 32.2. The van der Waals surface area contributed by atoms with Crippen molar-refractivity contribution in [2.24, 2.45) is 0 Å². The number of sulfonamides is 1. The van der Waals surface area contributed by atoms with Crippen LogP contribution in [-0.4, -0.2) is 26.6 Å². The molecule has 3 aromatic rings. The number of aromatic nitrogens is 1. The summed E-state index contributed by atoms with van der Waals surface area (Å²) in [5.41, 5.74) is 1.81. The van der Waals surface area contributed by atoms with Crippen LogP contribution in [0.2, 0.25) is 0 Å². The highest BCUT2D eigenvalue weighted by molar-refractivity contribution is 7.91. The lowest BCUT2D eigenvalue weighted by Crippen LogP contribution is -2.22. The molecule has 0 unspecified atom stereocenters. The Kier molecular flexibility index (Phi) is 7.26. The van der Waals surface area contributed by atoms with E-state index in [9.17, 15) is 13.2 Å². The van der Waals surface area contributed by atoms with Gasteiger partial charge in [0.1, 0.15) is 21.3 Å². The molecule has 0 fully saturated rings. The van der Waals surface area contributed by atoms with Crippen molar-refractivity contribution < 1.29 is 22.5 Å². The molecule has 0 spiro atoms. The molecule has 2 aromatic heterocycles. The lowest BCUT2D eigenvalue weighted by atomic mass is 10.2. The zero-order valence-corrected chi connectivity index (χ0v) is 19.0. The van der Waals surface area contributed by atoms with E-state index in [1.54, 1.807) is 57.4 Å². The number of methoxy groups -OCH3 is 1. The Morgan fingerprint density at radius 2 is 2.00 bits per heavy atom. The second-order valence-corrected chi connectivity index (χ2v) is 9.64. The fraction of sp³-hybridized carbons (Fsp3) is 0.238. The van der Waals surface area contributed by atoms with Gasteiger partial charge in [-0.15, -0.1) is 11.3 Å². The van der Waals surface area contributed by atoms with Crippen LogP contribution in [0.5, 0.6) is 5.75 Å². The van der Waals surface area contributed by atoms with Gasteiger partial charge in [-0.25, -0.2) is 13.1 Å². The van der Waals surface area contributed by atoms with Crippen LogP contribution < -0.4 is 14.8 Å². The SMILES string of the molecule is CCC(=O)Nc1c(C)noc1/C=C/c1ccc(S(=O)(=O)NCc2ccccc2OC)s1. The van der Waals surface area contributed by atoms with Crippen molar-refractivity contribution in [3.8, 4) is 5.75 Å². The van der Waals surface area contributed by atoms with Gasteiger partial charge < -0.3 is 14.6 Å². The molecular formula is C21H23N3O5S2. The van der Waals surface area contributed by atoms with Gasteiger partial charge >= 0.3 is 0 Å². The molecule has 31 heavy (non-hydrogen) atoms. The molecule has 0 saturated heterocycles. The van der Waals surface area contributed by atoms with Crippen LogP contribution >= 0.6 is 11.3 Å². The van der Waals surface area contributed by atoms with Crippen LogP contribution in [0.4, 0.5) is 5.69 Å². The molecular weight excluding hydrogens is 438 g/mol. The Bertz CT molecular complexity index is 1200. The van der Waals surface area contributed by atoms with E-state index < -0.39 is 10.0 Å². The van der Waals surface area contributed by atoms with E-state index in [1.165, 1.54) is 0 Å². The topological polar surface area (TPSA) is 111 Å².